The number of nitrogens with zero attached hydrogens (tertiary/aromatic N) is 5. The largest absolute Gasteiger partial charge is 0.349 e. The lowest BCUT2D eigenvalue weighted by Crippen LogP contribution is -2.44. The van der Waals surface area contributed by atoms with E-state index >= 15 is 0 Å². The smallest absolute Gasteiger partial charge is 0.257 e. The van der Waals surface area contributed by atoms with E-state index in [4.69, 9.17) is 0 Å². The lowest BCUT2D eigenvalue weighted by molar-refractivity contribution is -0.125. The molecule has 160 valence electrons. The third-order valence-corrected chi connectivity index (χ3v) is 6.53. The number of aromatic nitrogens is 3. The van der Waals surface area contributed by atoms with E-state index in [2.05, 4.69) is 20.3 Å². The predicted molar refractivity (Wildman–Crippen MR) is 113 cm³/mol. The van der Waals surface area contributed by atoms with Crippen molar-refractivity contribution in [2.24, 2.45) is 5.41 Å². The number of likely N-dealkylation sites (N-methyl/N-ethyl adjacent to an activating group) is 1. The van der Waals surface area contributed by atoms with Gasteiger partial charge in [-0.3, -0.25) is 24.2 Å². The molecule has 0 aliphatic carbocycles. The molecule has 30 heavy (non-hydrogen) atoms. The molecule has 4 heterocycles. The van der Waals surface area contributed by atoms with Gasteiger partial charge in [-0.25, -0.2) is 0 Å². The molecule has 1 N–H and O–H groups in total. The predicted octanol–water partition coefficient (Wildman–Crippen LogP) is 1.54. The van der Waals surface area contributed by atoms with Gasteiger partial charge in [0.2, 0.25) is 5.91 Å². The highest BCUT2D eigenvalue weighted by Gasteiger charge is 2.47. The van der Waals surface area contributed by atoms with Crippen LogP contribution in [0.1, 0.15) is 42.2 Å². The Hall–Kier alpha value is -2.74. The quantitative estimate of drug-likeness (QED) is 0.809. The molecule has 0 aromatic carbocycles. The number of likely N-dealkylation sites (tertiary alicyclic amines) is 2. The summed E-state index contributed by atoms with van der Waals surface area (Å²) >= 11 is 0. The minimum atomic E-state index is -0.126. The summed E-state index contributed by atoms with van der Waals surface area (Å²) < 4.78 is 1.78. The number of pyridine rings is 1. The van der Waals surface area contributed by atoms with E-state index < -0.39 is 0 Å². The fourth-order valence-electron chi connectivity index (χ4n) is 4.74. The van der Waals surface area contributed by atoms with Gasteiger partial charge in [-0.15, -0.1) is 0 Å². The third-order valence-electron chi connectivity index (χ3n) is 6.53. The maximum Gasteiger partial charge on any atom is 0.257 e. The van der Waals surface area contributed by atoms with Crippen molar-refractivity contribution in [3.63, 3.8) is 0 Å². The molecule has 2 aromatic rings. The standard InChI is InChI=1S/C22H30N6O2/c1-3-28-15-17(13-25-28)21(30)27-10-7-22(8-11-27)12-19(26(2)16-22)20(29)24-14-18-6-4-5-9-23-18/h4-6,9,13,15,19H,3,7-8,10-12,14,16H2,1-2H3,(H,24,29). The van der Waals surface area contributed by atoms with Crippen molar-refractivity contribution in [2.45, 2.75) is 45.3 Å². The van der Waals surface area contributed by atoms with Crippen molar-refractivity contribution in [1.29, 1.82) is 0 Å². The zero-order valence-electron chi connectivity index (χ0n) is 17.8. The van der Waals surface area contributed by atoms with Gasteiger partial charge in [0.1, 0.15) is 0 Å². The van der Waals surface area contributed by atoms with Crippen LogP contribution >= 0.6 is 0 Å². The summed E-state index contributed by atoms with van der Waals surface area (Å²) in [7, 11) is 2.02. The van der Waals surface area contributed by atoms with Gasteiger partial charge >= 0.3 is 0 Å². The van der Waals surface area contributed by atoms with Gasteiger partial charge in [-0.2, -0.15) is 5.10 Å². The second-order valence-electron chi connectivity index (χ2n) is 8.55. The Morgan fingerprint density at radius 1 is 1.27 bits per heavy atom. The first-order valence-corrected chi connectivity index (χ1v) is 10.7. The fraction of sp³-hybridized carbons (Fsp3) is 0.545. The molecule has 2 aliphatic rings. The second kappa shape index (κ2) is 8.55. The van der Waals surface area contributed by atoms with Crippen molar-refractivity contribution in [3.8, 4) is 0 Å². The first kappa shape index (κ1) is 20.5. The molecule has 0 saturated carbocycles. The number of aryl methyl sites for hydroxylation is 1. The van der Waals surface area contributed by atoms with Gasteiger partial charge in [0.05, 0.1) is 30.0 Å². The fourth-order valence-corrected chi connectivity index (χ4v) is 4.74. The average Bonchev–Trinajstić information content (AvgIpc) is 3.37. The molecule has 2 amide bonds. The van der Waals surface area contributed by atoms with Crippen LogP contribution in [0.4, 0.5) is 0 Å². The van der Waals surface area contributed by atoms with E-state index in [0.29, 0.717) is 12.1 Å². The average molecular weight is 411 g/mol. The van der Waals surface area contributed by atoms with Crippen molar-refractivity contribution in [3.05, 3.63) is 48.0 Å². The Bertz CT molecular complexity index is 888. The van der Waals surface area contributed by atoms with Crippen LogP contribution in [0.25, 0.3) is 0 Å². The third kappa shape index (κ3) is 4.23. The van der Waals surface area contributed by atoms with Crippen LogP contribution in [0.15, 0.2) is 36.8 Å². The maximum absolute atomic E-state index is 12.8. The molecule has 0 bridgehead atoms. The number of nitrogens with one attached hydrogen (secondary N) is 1. The highest BCUT2D eigenvalue weighted by Crippen LogP contribution is 2.43. The Kier molecular flexibility index (Phi) is 5.85. The van der Waals surface area contributed by atoms with Crippen LogP contribution in [0.2, 0.25) is 0 Å². The topological polar surface area (TPSA) is 83.4 Å². The summed E-state index contributed by atoms with van der Waals surface area (Å²) in [5.41, 5.74) is 1.62. The summed E-state index contributed by atoms with van der Waals surface area (Å²) in [5.74, 6) is 0.117. The molecule has 2 saturated heterocycles. The van der Waals surface area contributed by atoms with E-state index in [9.17, 15) is 9.59 Å². The summed E-state index contributed by atoms with van der Waals surface area (Å²) in [6, 6.07) is 5.58. The maximum atomic E-state index is 12.8. The van der Waals surface area contributed by atoms with Gasteiger partial charge in [0.25, 0.3) is 5.91 Å². The Balaban J connectivity index is 1.32. The van der Waals surface area contributed by atoms with Gasteiger partial charge in [-0.05, 0) is 50.8 Å². The molecule has 1 spiro atoms. The van der Waals surface area contributed by atoms with E-state index in [0.717, 1.165) is 51.1 Å². The highest BCUT2D eigenvalue weighted by molar-refractivity contribution is 5.93. The van der Waals surface area contributed by atoms with Gasteiger partial charge in [0.15, 0.2) is 0 Å². The molecule has 8 nitrogen and oxygen atoms in total. The van der Waals surface area contributed by atoms with Crippen LogP contribution in [0, 0.1) is 5.41 Å². The van der Waals surface area contributed by atoms with Gasteiger partial charge in [0, 0.05) is 38.6 Å². The highest BCUT2D eigenvalue weighted by atomic mass is 16.2. The van der Waals surface area contributed by atoms with Crippen LogP contribution in [-0.4, -0.2) is 69.1 Å². The first-order chi connectivity index (χ1) is 14.5. The van der Waals surface area contributed by atoms with Gasteiger partial charge in [-0.1, -0.05) is 6.07 Å². The van der Waals surface area contributed by atoms with Crippen LogP contribution in [0.5, 0.6) is 0 Å². The molecule has 2 aromatic heterocycles. The SMILES string of the molecule is CCn1cc(C(=O)N2CCC3(CC2)CC(C(=O)NCc2ccccn2)N(C)C3)cn1. The molecule has 1 atom stereocenters. The monoisotopic (exact) mass is 410 g/mol. The molecule has 2 aliphatic heterocycles. The minimum absolute atomic E-state index is 0.0561. The second-order valence-corrected chi connectivity index (χ2v) is 8.55. The number of carbonyl (C=O) groups excluding carboxylic acids is 2. The van der Waals surface area contributed by atoms with Gasteiger partial charge < -0.3 is 10.2 Å². The number of piperidine rings is 1. The Morgan fingerprint density at radius 2 is 2.07 bits per heavy atom. The Labute approximate surface area is 177 Å². The normalized spacial score (nSPS) is 21.1. The summed E-state index contributed by atoms with van der Waals surface area (Å²) in [6.07, 6.45) is 7.90. The van der Waals surface area contributed by atoms with E-state index in [-0.39, 0.29) is 23.3 Å². The molecule has 8 heteroatoms. The summed E-state index contributed by atoms with van der Waals surface area (Å²) in [4.78, 5) is 33.9. The summed E-state index contributed by atoms with van der Waals surface area (Å²) in [6.45, 7) is 5.56. The number of hydrogen-bond acceptors (Lipinski definition) is 5. The first-order valence-electron chi connectivity index (χ1n) is 10.7. The lowest BCUT2D eigenvalue weighted by Gasteiger charge is -2.39. The molecule has 4 rings (SSSR count). The molecular weight excluding hydrogens is 380 g/mol. The van der Waals surface area contributed by atoms with Crippen molar-refractivity contribution in [1.82, 2.24) is 29.9 Å². The molecule has 0 radical (unpaired) electrons. The Morgan fingerprint density at radius 3 is 2.73 bits per heavy atom. The summed E-state index contributed by atoms with van der Waals surface area (Å²) in [5, 5.41) is 7.25. The number of hydrogen-bond donors (Lipinski definition) is 1. The van der Waals surface area contributed by atoms with E-state index in [1.54, 1.807) is 17.1 Å². The molecular formula is C22H30N6O2. The molecule has 1 unspecified atom stereocenters. The van der Waals surface area contributed by atoms with Crippen LogP contribution in [0.3, 0.4) is 0 Å². The van der Waals surface area contributed by atoms with Crippen molar-refractivity contribution < 1.29 is 9.59 Å². The lowest BCUT2D eigenvalue weighted by atomic mass is 9.76. The zero-order chi connectivity index (χ0) is 21.1. The number of carbonyl (C=O) groups is 2. The zero-order valence-corrected chi connectivity index (χ0v) is 17.8. The van der Waals surface area contributed by atoms with E-state index in [1.165, 1.54) is 0 Å². The molecule has 2 fully saturated rings. The van der Waals surface area contributed by atoms with Crippen molar-refractivity contribution in [2.75, 3.05) is 26.7 Å². The minimum Gasteiger partial charge on any atom is -0.349 e. The van der Waals surface area contributed by atoms with Crippen LogP contribution < -0.4 is 5.32 Å². The number of amides is 2. The van der Waals surface area contributed by atoms with Crippen LogP contribution in [-0.2, 0) is 17.9 Å². The number of rotatable bonds is 5. The van der Waals surface area contributed by atoms with E-state index in [1.807, 2.05) is 43.3 Å². The van der Waals surface area contributed by atoms with Crippen molar-refractivity contribution >= 4 is 11.8 Å².